The molecule has 0 aromatic heterocycles. The van der Waals surface area contributed by atoms with Crippen LogP contribution in [0.4, 0.5) is 5.69 Å². The molecule has 138 valence electrons. The number of nitrogens with one attached hydrogen (secondary N) is 1. The van der Waals surface area contributed by atoms with Crippen molar-refractivity contribution in [3.05, 3.63) is 60.2 Å². The largest absolute Gasteiger partial charge is 0.489 e. The van der Waals surface area contributed by atoms with Crippen LogP contribution in [0, 0.1) is 0 Å². The van der Waals surface area contributed by atoms with Crippen LogP contribution in [0.2, 0.25) is 0 Å². The van der Waals surface area contributed by atoms with E-state index in [0.717, 1.165) is 36.4 Å². The van der Waals surface area contributed by atoms with Crippen LogP contribution in [-0.2, 0) is 16.1 Å². The van der Waals surface area contributed by atoms with Crippen molar-refractivity contribution >= 4 is 11.6 Å². The van der Waals surface area contributed by atoms with Crippen LogP contribution in [0.1, 0.15) is 18.4 Å². The number of rotatable bonds is 8. The van der Waals surface area contributed by atoms with Crippen molar-refractivity contribution in [1.29, 1.82) is 0 Å². The number of ether oxygens (including phenoxy) is 2. The Morgan fingerprint density at radius 2 is 1.96 bits per heavy atom. The fourth-order valence-electron chi connectivity index (χ4n) is 2.95. The van der Waals surface area contributed by atoms with Gasteiger partial charge in [0.25, 0.3) is 0 Å². The molecule has 0 saturated carbocycles. The first-order chi connectivity index (χ1) is 12.7. The number of carbonyl (C=O) groups excluding carboxylic acids is 1. The van der Waals surface area contributed by atoms with Crippen LogP contribution in [0.25, 0.3) is 0 Å². The second-order valence-corrected chi connectivity index (χ2v) is 6.53. The zero-order valence-corrected chi connectivity index (χ0v) is 15.2. The van der Waals surface area contributed by atoms with E-state index in [9.17, 15) is 4.79 Å². The Balaban J connectivity index is 1.51. The van der Waals surface area contributed by atoms with Gasteiger partial charge in [0.05, 0.1) is 18.3 Å². The third kappa shape index (κ3) is 5.23. The Morgan fingerprint density at radius 1 is 1.19 bits per heavy atom. The lowest BCUT2D eigenvalue weighted by molar-refractivity contribution is -0.128. The number of hydrogen-bond donors (Lipinski definition) is 1. The number of carbonyl (C=O) groups is 1. The summed E-state index contributed by atoms with van der Waals surface area (Å²) in [6.45, 7) is 2.18. The van der Waals surface area contributed by atoms with E-state index in [0.29, 0.717) is 13.2 Å². The van der Waals surface area contributed by atoms with Gasteiger partial charge in [-0.25, -0.2) is 0 Å². The van der Waals surface area contributed by atoms with Gasteiger partial charge in [0.2, 0.25) is 5.91 Å². The second-order valence-electron chi connectivity index (χ2n) is 6.53. The summed E-state index contributed by atoms with van der Waals surface area (Å²) in [6, 6.07) is 17.7. The lowest BCUT2D eigenvalue weighted by Crippen LogP contribution is -2.31. The van der Waals surface area contributed by atoms with Crippen molar-refractivity contribution in [3.8, 4) is 5.75 Å². The maximum absolute atomic E-state index is 12.4. The van der Waals surface area contributed by atoms with E-state index in [1.54, 1.807) is 4.90 Å². The second kappa shape index (κ2) is 9.25. The smallest absolute Gasteiger partial charge is 0.241 e. The first kappa shape index (κ1) is 18.3. The van der Waals surface area contributed by atoms with Gasteiger partial charge in [-0.3, -0.25) is 4.79 Å². The Bertz CT molecular complexity index is 699. The molecular weight excluding hydrogens is 328 g/mol. The van der Waals surface area contributed by atoms with Crippen LogP contribution in [0.15, 0.2) is 54.6 Å². The molecule has 1 heterocycles. The molecule has 2 aromatic rings. The molecule has 1 amide bonds. The average molecular weight is 354 g/mol. The van der Waals surface area contributed by atoms with Crippen LogP contribution in [0.5, 0.6) is 5.75 Å². The van der Waals surface area contributed by atoms with E-state index in [4.69, 9.17) is 9.47 Å². The number of amides is 1. The molecule has 0 aliphatic carbocycles. The minimum absolute atomic E-state index is 0.0304. The molecule has 5 nitrogen and oxygen atoms in total. The minimum atomic E-state index is 0.0304. The van der Waals surface area contributed by atoms with Gasteiger partial charge in [-0.1, -0.05) is 42.5 Å². The molecule has 26 heavy (non-hydrogen) atoms. The first-order valence-electron chi connectivity index (χ1n) is 9.07. The van der Waals surface area contributed by atoms with Gasteiger partial charge in [-0.05, 0) is 30.5 Å². The maximum atomic E-state index is 12.4. The molecule has 1 atom stereocenters. The monoisotopic (exact) mass is 354 g/mol. The van der Waals surface area contributed by atoms with Crippen molar-refractivity contribution in [2.75, 3.05) is 32.1 Å². The molecule has 1 unspecified atom stereocenters. The highest BCUT2D eigenvalue weighted by atomic mass is 16.5. The molecule has 0 bridgehead atoms. The zero-order valence-electron chi connectivity index (χ0n) is 15.2. The number of nitrogens with zero attached hydrogens (tertiary/aromatic N) is 1. The van der Waals surface area contributed by atoms with Crippen LogP contribution >= 0.6 is 0 Å². The van der Waals surface area contributed by atoms with Crippen LogP contribution < -0.4 is 10.1 Å². The summed E-state index contributed by atoms with van der Waals surface area (Å²) in [7, 11) is 1.82. The minimum Gasteiger partial charge on any atom is -0.489 e. The molecular formula is C21H26N2O3. The van der Waals surface area contributed by atoms with Crippen molar-refractivity contribution in [3.63, 3.8) is 0 Å². The number of likely N-dealkylation sites (N-methyl/N-ethyl adjacent to an activating group) is 1. The predicted octanol–water partition coefficient (Wildman–Crippen LogP) is 3.31. The molecule has 1 saturated heterocycles. The quantitative estimate of drug-likeness (QED) is 0.790. The number of anilines is 1. The van der Waals surface area contributed by atoms with Gasteiger partial charge in [0, 0.05) is 20.2 Å². The summed E-state index contributed by atoms with van der Waals surface area (Å²) in [5, 5.41) is 3.20. The van der Waals surface area contributed by atoms with Crippen molar-refractivity contribution in [2.45, 2.75) is 25.5 Å². The SMILES string of the molecule is CN(Cc1ccccc1)C(=O)CNc1ccccc1OCC1CCCO1. The van der Waals surface area contributed by atoms with Crippen LogP contribution in [-0.4, -0.2) is 43.7 Å². The number of benzene rings is 2. The van der Waals surface area contributed by atoms with Gasteiger partial charge >= 0.3 is 0 Å². The fraction of sp³-hybridized carbons (Fsp3) is 0.381. The van der Waals surface area contributed by atoms with E-state index in [1.165, 1.54) is 0 Å². The molecule has 1 fully saturated rings. The van der Waals surface area contributed by atoms with Crippen molar-refractivity contribution in [1.82, 2.24) is 4.90 Å². The lowest BCUT2D eigenvalue weighted by Gasteiger charge is -2.19. The molecule has 1 aliphatic rings. The van der Waals surface area contributed by atoms with E-state index in [1.807, 2.05) is 61.6 Å². The Hall–Kier alpha value is -2.53. The third-order valence-electron chi connectivity index (χ3n) is 4.45. The predicted molar refractivity (Wildman–Crippen MR) is 102 cm³/mol. The Labute approximate surface area is 154 Å². The third-order valence-corrected chi connectivity index (χ3v) is 4.45. The standard InChI is InChI=1S/C21H26N2O3/c1-23(15-17-8-3-2-4-9-17)21(24)14-22-19-11-5-6-12-20(19)26-16-18-10-7-13-25-18/h2-6,8-9,11-12,18,22H,7,10,13-16H2,1H3. The van der Waals surface area contributed by atoms with Gasteiger partial charge in [-0.15, -0.1) is 0 Å². The summed E-state index contributed by atoms with van der Waals surface area (Å²) in [4.78, 5) is 14.1. The van der Waals surface area contributed by atoms with Crippen molar-refractivity contribution in [2.24, 2.45) is 0 Å². The zero-order chi connectivity index (χ0) is 18.2. The molecule has 5 heteroatoms. The maximum Gasteiger partial charge on any atom is 0.241 e. The summed E-state index contributed by atoms with van der Waals surface area (Å²) >= 11 is 0. The van der Waals surface area contributed by atoms with E-state index < -0.39 is 0 Å². The van der Waals surface area contributed by atoms with Gasteiger partial charge < -0.3 is 19.7 Å². The summed E-state index contributed by atoms with van der Waals surface area (Å²) in [5.74, 6) is 0.782. The summed E-state index contributed by atoms with van der Waals surface area (Å²) in [5.41, 5.74) is 1.94. The fourth-order valence-corrected chi connectivity index (χ4v) is 2.95. The topological polar surface area (TPSA) is 50.8 Å². The Kier molecular flexibility index (Phi) is 6.50. The highest BCUT2D eigenvalue weighted by molar-refractivity contribution is 5.81. The average Bonchev–Trinajstić information content (AvgIpc) is 3.19. The van der Waals surface area contributed by atoms with Gasteiger partial charge in [-0.2, -0.15) is 0 Å². The van der Waals surface area contributed by atoms with Crippen LogP contribution in [0.3, 0.4) is 0 Å². The number of para-hydroxylation sites is 2. The molecule has 1 N–H and O–H groups in total. The highest BCUT2D eigenvalue weighted by Gasteiger charge is 2.17. The molecule has 0 radical (unpaired) electrons. The Morgan fingerprint density at radius 3 is 2.73 bits per heavy atom. The summed E-state index contributed by atoms with van der Waals surface area (Å²) in [6.07, 6.45) is 2.30. The highest BCUT2D eigenvalue weighted by Crippen LogP contribution is 2.25. The first-order valence-corrected chi connectivity index (χ1v) is 9.07. The lowest BCUT2D eigenvalue weighted by atomic mass is 10.2. The van der Waals surface area contributed by atoms with E-state index >= 15 is 0 Å². The molecule has 0 spiro atoms. The van der Waals surface area contributed by atoms with Gasteiger partial charge in [0.1, 0.15) is 12.4 Å². The molecule has 3 rings (SSSR count). The molecule has 1 aliphatic heterocycles. The van der Waals surface area contributed by atoms with E-state index in [2.05, 4.69) is 5.32 Å². The summed E-state index contributed by atoms with van der Waals surface area (Å²) < 4.78 is 11.5. The normalized spacial score (nSPS) is 16.3. The van der Waals surface area contributed by atoms with Crippen molar-refractivity contribution < 1.29 is 14.3 Å². The van der Waals surface area contributed by atoms with E-state index in [-0.39, 0.29) is 18.6 Å². The van der Waals surface area contributed by atoms with Gasteiger partial charge in [0.15, 0.2) is 0 Å². The molecule has 2 aromatic carbocycles. The number of hydrogen-bond acceptors (Lipinski definition) is 4.